The van der Waals surface area contributed by atoms with Crippen molar-refractivity contribution >= 4 is 51.8 Å². The molecule has 0 fully saturated rings. The summed E-state index contributed by atoms with van der Waals surface area (Å²) < 4.78 is 0. The van der Waals surface area contributed by atoms with E-state index in [2.05, 4.69) is 25.3 Å². The Labute approximate surface area is 124 Å². The van der Waals surface area contributed by atoms with Crippen molar-refractivity contribution in [1.82, 2.24) is 19.9 Å². The Morgan fingerprint density at radius 1 is 1.25 bits per heavy atom. The van der Waals surface area contributed by atoms with Crippen LogP contribution < -0.4 is 11.1 Å². The van der Waals surface area contributed by atoms with Crippen molar-refractivity contribution in [3.8, 4) is 0 Å². The number of imidazole rings is 1. The lowest BCUT2D eigenvalue weighted by Crippen LogP contribution is -2.02. The lowest BCUT2D eigenvalue weighted by molar-refractivity contribution is 1.21. The molecule has 8 heteroatoms. The Bertz CT molecular complexity index is 798. The highest BCUT2D eigenvalue weighted by atomic mass is 35.5. The first-order valence-corrected chi connectivity index (χ1v) is 6.50. The molecule has 3 rings (SSSR count). The third-order valence-electron chi connectivity index (χ3n) is 2.83. The summed E-state index contributed by atoms with van der Waals surface area (Å²) in [6.07, 6.45) is 1.52. The second kappa shape index (κ2) is 4.81. The van der Waals surface area contributed by atoms with E-state index in [1.165, 1.54) is 6.33 Å². The number of hydrogen-bond acceptors (Lipinski definition) is 5. The zero-order valence-corrected chi connectivity index (χ0v) is 11.9. The van der Waals surface area contributed by atoms with E-state index < -0.39 is 0 Å². The molecule has 0 atom stereocenters. The molecule has 4 N–H and O–H groups in total. The number of hydrogen-bond donors (Lipinski definition) is 3. The highest BCUT2D eigenvalue weighted by molar-refractivity contribution is 6.39. The van der Waals surface area contributed by atoms with Crippen molar-refractivity contribution in [2.75, 3.05) is 11.1 Å². The molecule has 0 spiro atoms. The number of benzene rings is 1. The van der Waals surface area contributed by atoms with Gasteiger partial charge in [-0.25, -0.2) is 4.98 Å². The summed E-state index contributed by atoms with van der Waals surface area (Å²) in [7, 11) is 0. The molecule has 0 aliphatic carbocycles. The molecule has 0 amide bonds. The molecule has 1 aromatic carbocycles. The molecule has 0 unspecified atom stereocenters. The number of halogens is 2. The van der Waals surface area contributed by atoms with Gasteiger partial charge in [0.1, 0.15) is 5.52 Å². The minimum Gasteiger partial charge on any atom is -0.368 e. The van der Waals surface area contributed by atoms with Crippen LogP contribution in [0.4, 0.5) is 17.5 Å². The van der Waals surface area contributed by atoms with E-state index in [1.807, 2.05) is 13.0 Å². The zero-order chi connectivity index (χ0) is 14.3. The van der Waals surface area contributed by atoms with Crippen LogP contribution in [0.1, 0.15) is 5.56 Å². The Morgan fingerprint density at radius 3 is 2.85 bits per heavy atom. The minimum atomic E-state index is 0.118. The number of anilines is 3. The van der Waals surface area contributed by atoms with E-state index in [-0.39, 0.29) is 5.95 Å². The molecule has 0 bridgehead atoms. The number of nitrogens with zero attached hydrogens (tertiary/aromatic N) is 3. The highest BCUT2D eigenvalue weighted by Gasteiger charge is 2.13. The summed E-state index contributed by atoms with van der Waals surface area (Å²) in [5.41, 5.74) is 8.24. The van der Waals surface area contributed by atoms with Crippen molar-refractivity contribution in [2.24, 2.45) is 0 Å². The standard InChI is InChI=1S/C12H10Cl2N6/c1-5-2-3-6(13)8(7(5)14)18-11-9-10(17-4-16-9)19-12(15)20-11/h2-4H,1H3,(H4,15,16,17,18,19,20). The summed E-state index contributed by atoms with van der Waals surface area (Å²) in [6, 6.07) is 3.61. The molecule has 102 valence electrons. The van der Waals surface area contributed by atoms with Crippen LogP contribution in [0.2, 0.25) is 10.0 Å². The molecular formula is C12H10Cl2N6. The van der Waals surface area contributed by atoms with Crippen LogP contribution in [-0.2, 0) is 0 Å². The maximum atomic E-state index is 6.27. The van der Waals surface area contributed by atoms with Gasteiger partial charge < -0.3 is 16.0 Å². The van der Waals surface area contributed by atoms with Crippen LogP contribution in [0.5, 0.6) is 0 Å². The number of aromatic nitrogens is 4. The van der Waals surface area contributed by atoms with Gasteiger partial charge >= 0.3 is 0 Å². The number of aromatic amines is 1. The SMILES string of the molecule is Cc1ccc(Cl)c(Nc2nc(N)nc3nc[nH]c23)c1Cl. The fourth-order valence-electron chi connectivity index (χ4n) is 1.83. The first-order valence-electron chi connectivity index (χ1n) is 5.74. The number of nitrogens with one attached hydrogen (secondary N) is 2. The summed E-state index contributed by atoms with van der Waals surface area (Å²) >= 11 is 12.4. The topological polar surface area (TPSA) is 92.5 Å². The van der Waals surface area contributed by atoms with E-state index in [9.17, 15) is 0 Å². The van der Waals surface area contributed by atoms with Crippen LogP contribution in [0.3, 0.4) is 0 Å². The number of aryl methyl sites for hydroxylation is 1. The molecule has 0 radical (unpaired) electrons. The zero-order valence-electron chi connectivity index (χ0n) is 10.4. The van der Waals surface area contributed by atoms with Gasteiger partial charge in [0.15, 0.2) is 11.5 Å². The van der Waals surface area contributed by atoms with E-state index >= 15 is 0 Å². The maximum Gasteiger partial charge on any atom is 0.224 e. The predicted molar refractivity (Wildman–Crippen MR) is 80.6 cm³/mol. The van der Waals surface area contributed by atoms with Crippen LogP contribution >= 0.6 is 23.2 Å². The van der Waals surface area contributed by atoms with Crippen molar-refractivity contribution in [1.29, 1.82) is 0 Å². The molecule has 0 aliphatic heterocycles. The molecule has 0 aliphatic rings. The Hall–Kier alpha value is -2.05. The van der Waals surface area contributed by atoms with Crippen LogP contribution in [0.25, 0.3) is 11.2 Å². The third-order valence-corrected chi connectivity index (χ3v) is 3.63. The quantitative estimate of drug-likeness (QED) is 0.675. The first-order chi connectivity index (χ1) is 9.56. The number of H-pyrrole nitrogens is 1. The number of nitrogen functional groups attached to an aromatic ring is 1. The Balaban J connectivity index is 2.14. The van der Waals surface area contributed by atoms with Crippen molar-refractivity contribution in [3.63, 3.8) is 0 Å². The second-order valence-corrected chi connectivity index (χ2v) is 4.99. The maximum absolute atomic E-state index is 6.27. The fraction of sp³-hybridized carbons (Fsp3) is 0.0833. The van der Waals surface area contributed by atoms with E-state index in [4.69, 9.17) is 28.9 Å². The minimum absolute atomic E-state index is 0.118. The number of rotatable bonds is 2. The van der Waals surface area contributed by atoms with E-state index in [0.29, 0.717) is 32.7 Å². The molecule has 0 saturated heterocycles. The van der Waals surface area contributed by atoms with Gasteiger partial charge in [0.2, 0.25) is 5.95 Å². The Morgan fingerprint density at radius 2 is 2.05 bits per heavy atom. The molecule has 2 aromatic heterocycles. The first kappa shape index (κ1) is 13.0. The summed E-state index contributed by atoms with van der Waals surface area (Å²) in [5.74, 6) is 0.589. The molecular weight excluding hydrogens is 299 g/mol. The third kappa shape index (κ3) is 2.13. The summed E-state index contributed by atoms with van der Waals surface area (Å²) in [6.45, 7) is 1.89. The van der Waals surface area contributed by atoms with Crippen LogP contribution in [-0.4, -0.2) is 19.9 Å². The van der Waals surface area contributed by atoms with E-state index in [0.717, 1.165) is 5.56 Å². The average Bonchev–Trinajstić information content (AvgIpc) is 2.87. The van der Waals surface area contributed by atoms with Crippen molar-refractivity contribution < 1.29 is 0 Å². The molecule has 0 saturated carbocycles. The Kier molecular flexibility index (Phi) is 3.11. The molecule has 6 nitrogen and oxygen atoms in total. The summed E-state index contributed by atoms with van der Waals surface area (Å²) in [4.78, 5) is 15.2. The predicted octanol–water partition coefficient (Wildman–Crippen LogP) is 3.29. The monoisotopic (exact) mass is 308 g/mol. The largest absolute Gasteiger partial charge is 0.368 e. The van der Waals surface area contributed by atoms with Gasteiger partial charge in [-0.2, -0.15) is 9.97 Å². The second-order valence-electron chi connectivity index (χ2n) is 4.21. The number of nitrogens with two attached hydrogens (primary N) is 1. The van der Waals surface area contributed by atoms with Gasteiger partial charge in [-0.15, -0.1) is 0 Å². The van der Waals surface area contributed by atoms with Crippen LogP contribution in [0, 0.1) is 6.92 Å². The molecule has 20 heavy (non-hydrogen) atoms. The number of fused-ring (bicyclic) bond motifs is 1. The van der Waals surface area contributed by atoms with Gasteiger partial charge in [-0.3, -0.25) is 0 Å². The fourth-order valence-corrected chi connectivity index (χ4v) is 2.30. The lowest BCUT2D eigenvalue weighted by Gasteiger charge is -2.12. The van der Waals surface area contributed by atoms with Gasteiger partial charge in [0, 0.05) is 0 Å². The van der Waals surface area contributed by atoms with Gasteiger partial charge in [-0.05, 0) is 18.6 Å². The van der Waals surface area contributed by atoms with Gasteiger partial charge in [-0.1, -0.05) is 29.3 Å². The molecule has 3 aromatic rings. The summed E-state index contributed by atoms with van der Waals surface area (Å²) in [5, 5.41) is 4.11. The smallest absolute Gasteiger partial charge is 0.224 e. The van der Waals surface area contributed by atoms with Gasteiger partial charge in [0.05, 0.1) is 22.1 Å². The van der Waals surface area contributed by atoms with Crippen molar-refractivity contribution in [2.45, 2.75) is 6.92 Å². The molecule has 2 heterocycles. The lowest BCUT2D eigenvalue weighted by atomic mass is 10.2. The average molecular weight is 309 g/mol. The van der Waals surface area contributed by atoms with Crippen LogP contribution in [0.15, 0.2) is 18.5 Å². The van der Waals surface area contributed by atoms with Crippen molar-refractivity contribution in [3.05, 3.63) is 34.1 Å². The highest BCUT2D eigenvalue weighted by Crippen LogP contribution is 2.35. The van der Waals surface area contributed by atoms with E-state index in [1.54, 1.807) is 6.07 Å². The van der Waals surface area contributed by atoms with Gasteiger partial charge in [0.25, 0.3) is 0 Å². The normalized spacial score (nSPS) is 10.9.